The number of methoxy groups -OCH3 is 1. The molecular weight excluding hydrogens is 310 g/mol. The minimum absolute atomic E-state index is 0.251. The van der Waals surface area contributed by atoms with Crippen molar-refractivity contribution in [1.29, 1.82) is 0 Å². The van der Waals surface area contributed by atoms with Crippen molar-refractivity contribution in [2.24, 2.45) is 5.41 Å². The van der Waals surface area contributed by atoms with Gasteiger partial charge in [-0.2, -0.15) is 0 Å². The second kappa shape index (κ2) is 6.12. The summed E-state index contributed by atoms with van der Waals surface area (Å²) < 4.78 is 16.3. The van der Waals surface area contributed by atoms with Gasteiger partial charge in [-0.25, -0.2) is 9.78 Å². The molecule has 2 fully saturated rings. The lowest BCUT2D eigenvalue weighted by molar-refractivity contribution is 0.0635. The van der Waals surface area contributed by atoms with Gasteiger partial charge in [-0.05, 0) is 33.3 Å². The Morgan fingerprint density at radius 3 is 2.75 bits per heavy atom. The normalized spacial score (nSPS) is 19.1. The highest BCUT2D eigenvalue weighted by atomic mass is 16.6. The van der Waals surface area contributed by atoms with Crippen LogP contribution in [0.5, 0.6) is 5.75 Å². The van der Waals surface area contributed by atoms with E-state index in [0.717, 1.165) is 38.5 Å². The van der Waals surface area contributed by atoms with Gasteiger partial charge in [0.05, 0.1) is 19.4 Å². The fourth-order valence-electron chi connectivity index (χ4n) is 3.19. The monoisotopic (exact) mass is 335 g/mol. The number of hydrogen-bond donors (Lipinski definition) is 1. The molecule has 0 unspecified atom stereocenters. The second-order valence-corrected chi connectivity index (χ2v) is 7.50. The first-order valence-electron chi connectivity index (χ1n) is 8.18. The topological polar surface area (TPSA) is 72.9 Å². The van der Waals surface area contributed by atoms with Crippen molar-refractivity contribution < 1.29 is 19.0 Å². The molecule has 132 valence electrons. The average molecular weight is 335 g/mol. The first-order valence-corrected chi connectivity index (χ1v) is 8.18. The Labute approximate surface area is 142 Å². The van der Waals surface area contributed by atoms with Crippen LogP contribution < -0.4 is 15.0 Å². The summed E-state index contributed by atoms with van der Waals surface area (Å²) in [6.45, 7) is 8.90. The molecule has 2 aliphatic heterocycles. The van der Waals surface area contributed by atoms with Crippen LogP contribution >= 0.6 is 0 Å². The highest BCUT2D eigenvalue weighted by Gasteiger charge is 2.47. The van der Waals surface area contributed by atoms with Crippen LogP contribution in [0, 0.1) is 5.41 Å². The third-order valence-corrected chi connectivity index (χ3v) is 4.26. The molecule has 0 aromatic carbocycles. The molecule has 1 aromatic rings. The van der Waals surface area contributed by atoms with Crippen molar-refractivity contribution in [3.8, 4) is 5.75 Å². The summed E-state index contributed by atoms with van der Waals surface area (Å²) in [5.74, 6) is 1.29. The Balaban J connectivity index is 1.74. The van der Waals surface area contributed by atoms with Gasteiger partial charge in [0, 0.05) is 31.3 Å². The van der Waals surface area contributed by atoms with E-state index in [9.17, 15) is 4.79 Å². The lowest BCUT2D eigenvalue weighted by Gasteiger charge is -2.48. The smallest absolute Gasteiger partial charge is 0.412 e. The number of nitrogens with one attached hydrogen (secondary N) is 1. The van der Waals surface area contributed by atoms with Crippen molar-refractivity contribution >= 4 is 17.6 Å². The number of rotatable bonds is 3. The molecule has 7 heteroatoms. The van der Waals surface area contributed by atoms with Gasteiger partial charge in [-0.3, -0.25) is 5.32 Å². The zero-order chi connectivity index (χ0) is 17.4. The summed E-state index contributed by atoms with van der Waals surface area (Å²) in [5, 5.41) is 2.74. The van der Waals surface area contributed by atoms with E-state index in [2.05, 4.69) is 15.2 Å². The highest BCUT2D eigenvalue weighted by molar-refractivity contribution is 5.88. The largest absolute Gasteiger partial charge is 0.491 e. The van der Waals surface area contributed by atoms with Gasteiger partial charge < -0.3 is 19.1 Å². The number of hydrogen-bond acceptors (Lipinski definition) is 6. The van der Waals surface area contributed by atoms with Gasteiger partial charge in [-0.15, -0.1) is 0 Å². The predicted molar refractivity (Wildman–Crippen MR) is 90.7 cm³/mol. The van der Waals surface area contributed by atoms with Crippen molar-refractivity contribution in [2.75, 3.05) is 43.6 Å². The van der Waals surface area contributed by atoms with Crippen molar-refractivity contribution in [3.05, 3.63) is 12.3 Å². The maximum absolute atomic E-state index is 12.0. The van der Waals surface area contributed by atoms with Gasteiger partial charge >= 0.3 is 6.09 Å². The van der Waals surface area contributed by atoms with E-state index >= 15 is 0 Å². The molecule has 7 nitrogen and oxygen atoms in total. The molecule has 1 amide bonds. The fourth-order valence-corrected chi connectivity index (χ4v) is 3.19. The first kappa shape index (κ1) is 16.8. The van der Waals surface area contributed by atoms with Crippen LogP contribution in [0.3, 0.4) is 0 Å². The number of anilines is 2. The molecule has 0 atom stereocenters. The number of ether oxygens (including phenoxy) is 3. The Morgan fingerprint density at radius 1 is 1.42 bits per heavy atom. The number of pyridine rings is 1. The van der Waals surface area contributed by atoms with Crippen molar-refractivity contribution in [3.63, 3.8) is 0 Å². The van der Waals surface area contributed by atoms with E-state index in [-0.39, 0.29) is 5.41 Å². The van der Waals surface area contributed by atoms with E-state index in [1.165, 1.54) is 0 Å². The van der Waals surface area contributed by atoms with E-state index in [1.54, 1.807) is 19.4 Å². The Kier molecular flexibility index (Phi) is 4.29. The van der Waals surface area contributed by atoms with Crippen LogP contribution in [-0.4, -0.2) is 50.1 Å². The minimum atomic E-state index is -0.556. The zero-order valence-corrected chi connectivity index (χ0v) is 14.7. The predicted octanol–water partition coefficient (Wildman–Crippen LogP) is 2.66. The van der Waals surface area contributed by atoms with E-state index in [4.69, 9.17) is 14.2 Å². The number of amides is 1. The minimum Gasteiger partial charge on any atom is -0.491 e. The molecule has 2 saturated heterocycles. The van der Waals surface area contributed by atoms with E-state index < -0.39 is 11.7 Å². The summed E-state index contributed by atoms with van der Waals surface area (Å²) >= 11 is 0. The molecule has 0 bridgehead atoms. The number of aromatic nitrogens is 1. The lowest BCUT2D eigenvalue weighted by Crippen LogP contribution is -2.57. The summed E-state index contributed by atoms with van der Waals surface area (Å²) in [5.41, 5.74) is 0.251. The number of carbonyl (C=O) groups is 1. The zero-order valence-electron chi connectivity index (χ0n) is 14.7. The van der Waals surface area contributed by atoms with Gasteiger partial charge in [0.1, 0.15) is 5.60 Å². The van der Waals surface area contributed by atoms with Gasteiger partial charge in [-0.1, -0.05) is 0 Å². The second-order valence-electron chi connectivity index (χ2n) is 7.50. The van der Waals surface area contributed by atoms with Crippen LogP contribution in [0.1, 0.15) is 27.2 Å². The average Bonchev–Trinajstić information content (AvgIpc) is 2.93. The first-order chi connectivity index (χ1) is 11.3. The number of nitrogens with zero attached hydrogens (tertiary/aromatic N) is 2. The molecule has 1 N–H and O–H groups in total. The third kappa shape index (κ3) is 3.40. The Morgan fingerprint density at radius 2 is 2.17 bits per heavy atom. The Hall–Kier alpha value is -2.02. The molecule has 0 aliphatic carbocycles. The molecular formula is C17H25N3O4. The van der Waals surface area contributed by atoms with Gasteiger partial charge in [0.2, 0.25) is 0 Å². The van der Waals surface area contributed by atoms with Crippen LogP contribution in [-0.2, 0) is 9.47 Å². The van der Waals surface area contributed by atoms with Crippen LogP contribution in [0.2, 0.25) is 0 Å². The Bertz CT molecular complexity index is 613. The third-order valence-electron chi connectivity index (χ3n) is 4.26. The summed E-state index contributed by atoms with van der Waals surface area (Å²) in [7, 11) is 1.58. The molecule has 3 rings (SSSR count). The standard InChI is InChI=1S/C17H25N3O4/c1-16(2,3)24-15(21)19-12-5-7-18-14(13(12)22-4)20-9-17(10-20)6-8-23-11-17/h5,7H,6,8-11H2,1-4H3,(H,18,19,21). The number of carbonyl (C=O) groups excluding carboxylic acids is 1. The van der Waals surface area contributed by atoms with Gasteiger partial charge in [0.15, 0.2) is 11.6 Å². The molecule has 3 heterocycles. The maximum Gasteiger partial charge on any atom is 0.412 e. The molecule has 0 saturated carbocycles. The van der Waals surface area contributed by atoms with Crippen LogP contribution in [0.25, 0.3) is 0 Å². The van der Waals surface area contributed by atoms with E-state index in [1.807, 2.05) is 20.8 Å². The summed E-state index contributed by atoms with van der Waals surface area (Å²) in [4.78, 5) is 18.6. The summed E-state index contributed by atoms with van der Waals surface area (Å²) in [6.07, 6.45) is 2.24. The highest BCUT2D eigenvalue weighted by Crippen LogP contribution is 2.44. The van der Waals surface area contributed by atoms with Crippen molar-refractivity contribution in [1.82, 2.24) is 4.98 Å². The van der Waals surface area contributed by atoms with E-state index in [0.29, 0.717) is 11.4 Å². The van der Waals surface area contributed by atoms with Crippen molar-refractivity contribution in [2.45, 2.75) is 32.8 Å². The molecule has 2 aliphatic rings. The van der Waals surface area contributed by atoms with Crippen LogP contribution in [0.15, 0.2) is 12.3 Å². The molecule has 0 radical (unpaired) electrons. The quantitative estimate of drug-likeness (QED) is 0.915. The summed E-state index contributed by atoms with van der Waals surface area (Å²) in [6, 6.07) is 1.71. The molecule has 1 spiro atoms. The fraction of sp³-hybridized carbons (Fsp3) is 0.647. The van der Waals surface area contributed by atoms with Crippen LogP contribution in [0.4, 0.5) is 16.3 Å². The maximum atomic E-state index is 12.0. The molecule has 1 aromatic heterocycles. The SMILES string of the molecule is COc1c(NC(=O)OC(C)(C)C)ccnc1N1CC2(CCOC2)C1. The van der Waals surface area contributed by atoms with Gasteiger partial charge in [0.25, 0.3) is 0 Å². The lowest BCUT2D eigenvalue weighted by atomic mass is 9.79. The molecule has 24 heavy (non-hydrogen) atoms.